The van der Waals surface area contributed by atoms with Gasteiger partial charge in [-0.15, -0.1) is 0 Å². The third-order valence-electron chi connectivity index (χ3n) is 5.56. The molecule has 1 rings (SSSR count). The summed E-state index contributed by atoms with van der Waals surface area (Å²) in [6.07, 6.45) is 28.6. The van der Waals surface area contributed by atoms with E-state index in [0.717, 1.165) is 5.92 Å². The molecule has 136 valence electrons. The van der Waals surface area contributed by atoms with Gasteiger partial charge in [-0.05, 0) is 38.0 Å². The van der Waals surface area contributed by atoms with Crippen LogP contribution in [0.4, 0.5) is 0 Å². The van der Waals surface area contributed by atoms with Crippen molar-refractivity contribution in [2.75, 3.05) is 0 Å². The number of hydrogen-bond acceptors (Lipinski definition) is 0. The van der Waals surface area contributed by atoms with Crippen LogP contribution in [0.3, 0.4) is 0 Å². The van der Waals surface area contributed by atoms with E-state index in [-0.39, 0.29) is 0 Å². The number of unbranched alkanes of at least 4 members (excludes halogenated alkanes) is 14. The summed E-state index contributed by atoms with van der Waals surface area (Å²) in [4.78, 5) is 0. The van der Waals surface area contributed by atoms with Crippen LogP contribution in [-0.4, -0.2) is 0 Å². The summed E-state index contributed by atoms with van der Waals surface area (Å²) in [6, 6.07) is 0. The number of hydrogen-bond donors (Lipinski definition) is 0. The second kappa shape index (κ2) is 15.3. The van der Waals surface area contributed by atoms with Crippen molar-refractivity contribution in [1.29, 1.82) is 0 Å². The van der Waals surface area contributed by atoms with Gasteiger partial charge in [-0.3, -0.25) is 0 Å². The lowest BCUT2D eigenvalue weighted by Gasteiger charge is -2.03. The van der Waals surface area contributed by atoms with Crippen molar-refractivity contribution in [1.82, 2.24) is 0 Å². The van der Waals surface area contributed by atoms with E-state index in [1.165, 1.54) is 116 Å². The van der Waals surface area contributed by atoms with Crippen LogP contribution >= 0.6 is 0 Å². The Hall–Kier alpha value is -0.260. The molecule has 0 nitrogen and oxygen atoms in total. The smallest absolute Gasteiger partial charge is 0.0294 e. The van der Waals surface area contributed by atoms with Crippen molar-refractivity contribution in [3.05, 3.63) is 11.6 Å². The van der Waals surface area contributed by atoms with Crippen LogP contribution in [0.25, 0.3) is 0 Å². The molecule has 0 aromatic carbocycles. The Morgan fingerprint density at radius 1 is 0.739 bits per heavy atom. The lowest BCUT2D eigenvalue weighted by atomic mass is 10.0. The van der Waals surface area contributed by atoms with Gasteiger partial charge in [0.05, 0.1) is 0 Å². The standard InChI is InChI=1S/C23H44/c1-3-4-5-6-7-8-9-10-11-12-13-14-15-16-17-18-23-20-19-22(2)21-23/h18,22H,3-17,19-21H2,1-2H3. The zero-order valence-corrected chi connectivity index (χ0v) is 16.4. The summed E-state index contributed by atoms with van der Waals surface area (Å²) >= 11 is 0. The Morgan fingerprint density at radius 3 is 1.65 bits per heavy atom. The summed E-state index contributed by atoms with van der Waals surface area (Å²) in [5, 5.41) is 0. The van der Waals surface area contributed by atoms with Crippen LogP contribution in [0.2, 0.25) is 0 Å². The zero-order valence-electron chi connectivity index (χ0n) is 16.4. The van der Waals surface area contributed by atoms with Gasteiger partial charge in [0.1, 0.15) is 0 Å². The molecule has 1 unspecified atom stereocenters. The summed E-state index contributed by atoms with van der Waals surface area (Å²) in [7, 11) is 0. The second-order valence-electron chi connectivity index (χ2n) is 8.10. The molecule has 0 radical (unpaired) electrons. The molecule has 0 aromatic heterocycles. The molecule has 0 heteroatoms. The minimum Gasteiger partial charge on any atom is -0.0853 e. The average Bonchev–Trinajstić information content (AvgIpc) is 2.96. The highest BCUT2D eigenvalue weighted by Gasteiger charge is 2.13. The first-order valence-corrected chi connectivity index (χ1v) is 11.0. The Kier molecular flexibility index (Phi) is 13.8. The SMILES string of the molecule is CCCCCCCCCCCCCCCCC=C1CCC(C)C1. The lowest BCUT2D eigenvalue weighted by Crippen LogP contribution is -1.83. The van der Waals surface area contributed by atoms with Crippen molar-refractivity contribution in [2.45, 2.75) is 129 Å². The summed E-state index contributed by atoms with van der Waals surface area (Å²) < 4.78 is 0. The van der Waals surface area contributed by atoms with Gasteiger partial charge in [-0.1, -0.05) is 109 Å². The van der Waals surface area contributed by atoms with E-state index in [0.29, 0.717) is 0 Å². The maximum Gasteiger partial charge on any atom is -0.0294 e. The third-order valence-corrected chi connectivity index (χ3v) is 5.56. The van der Waals surface area contributed by atoms with E-state index in [4.69, 9.17) is 0 Å². The van der Waals surface area contributed by atoms with E-state index in [1.807, 2.05) is 0 Å². The highest BCUT2D eigenvalue weighted by molar-refractivity contribution is 5.07. The first-order valence-electron chi connectivity index (χ1n) is 11.0. The predicted octanol–water partition coefficient (Wildman–Crippen LogP) is 8.60. The third kappa shape index (κ3) is 12.8. The van der Waals surface area contributed by atoms with Crippen molar-refractivity contribution < 1.29 is 0 Å². The monoisotopic (exact) mass is 320 g/mol. The molecule has 0 aromatic rings. The zero-order chi connectivity index (χ0) is 16.6. The largest absolute Gasteiger partial charge is 0.0853 e. The molecule has 0 amide bonds. The van der Waals surface area contributed by atoms with Crippen molar-refractivity contribution >= 4 is 0 Å². The Labute approximate surface area is 147 Å². The van der Waals surface area contributed by atoms with Gasteiger partial charge in [-0.25, -0.2) is 0 Å². The molecular formula is C23H44. The van der Waals surface area contributed by atoms with Gasteiger partial charge in [0.15, 0.2) is 0 Å². The van der Waals surface area contributed by atoms with Crippen LogP contribution < -0.4 is 0 Å². The van der Waals surface area contributed by atoms with Gasteiger partial charge in [0.2, 0.25) is 0 Å². The summed E-state index contributed by atoms with van der Waals surface area (Å²) in [6.45, 7) is 4.70. The van der Waals surface area contributed by atoms with Crippen LogP contribution in [0.15, 0.2) is 11.6 Å². The molecule has 0 bridgehead atoms. The minimum absolute atomic E-state index is 0.956. The quantitative estimate of drug-likeness (QED) is 0.209. The van der Waals surface area contributed by atoms with E-state index >= 15 is 0 Å². The molecule has 1 saturated carbocycles. The fourth-order valence-electron chi connectivity index (χ4n) is 3.91. The van der Waals surface area contributed by atoms with E-state index in [1.54, 1.807) is 5.57 Å². The molecule has 1 fully saturated rings. The lowest BCUT2D eigenvalue weighted by molar-refractivity contribution is 0.536. The Morgan fingerprint density at radius 2 is 1.22 bits per heavy atom. The normalized spacial score (nSPS) is 19.7. The average molecular weight is 321 g/mol. The van der Waals surface area contributed by atoms with Crippen LogP contribution in [0, 0.1) is 5.92 Å². The molecule has 0 heterocycles. The fraction of sp³-hybridized carbons (Fsp3) is 0.913. The molecule has 1 aliphatic rings. The summed E-state index contributed by atoms with van der Waals surface area (Å²) in [5.74, 6) is 0.956. The van der Waals surface area contributed by atoms with Gasteiger partial charge >= 0.3 is 0 Å². The summed E-state index contributed by atoms with van der Waals surface area (Å²) in [5.41, 5.74) is 1.76. The van der Waals surface area contributed by atoms with Crippen molar-refractivity contribution in [3.8, 4) is 0 Å². The van der Waals surface area contributed by atoms with Gasteiger partial charge < -0.3 is 0 Å². The van der Waals surface area contributed by atoms with Gasteiger partial charge in [-0.2, -0.15) is 0 Å². The predicted molar refractivity (Wildman–Crippen MR) is 106 cm³/mol. The molecule has 23 heavy (non-hydrogen) atoms. The van der Waals surface area contributed by atoms with Crippen LogP contribution in [-0.2, 0) is 0 Å². The number of rotatable bonds is 15. The van der Waals surface area contributed by atoms with E-state index < -0.39 is 0 Å². The molecule has 0 aliphatic heterocycles. The second-order valence-corrected chi connectivity index (χ2v) is 8.10. The van der Waals surface area contributed by atoms with E-state index in [2.05, 4.69) is 19.9 Å². The Bertz CT molecular complexity index is 276. The highest BCUT2D eigenvalue weighted by atomic mass is 14.2. The van der Waals surface area contributed by atoms with Crippen molar-refractivity contribution in [2.24, 2.45) is 5.92 Å². The number of allylic oxidation sites excluding steroid dienone is 2. The molecule has 0 spiro atoms. The first-order chi connectivity index (χ1) is 11.3. The van der Waals surface area contributed by atoms with E-state index in [9.17, 15) is 0 Å². The first kappa shape index (κ1) is 20.8. The molecular weight excluding hydrogens is 276 g/mol. The van der Waals surface area contributed by atoms with Gasteiger partial charge in [0.25, 0.3) is 0 Å². The topological polar surface area (TPSA) is 0 Å². The van der Waals surface area contributed by atoms with Crippen LogP contribution in [0.5, 0.6) is 0 Å². The molecule has 0 saturated heterocycles. The minimum atomic E-state index is 0.956. The fourth-order valence-corrected chi connectivity index (χ4v) is 3.91. The Balaban J connectivity index is 1.72. The maximum absolute atomic E-state index is 2.56. The molecule has 1 atom stereocenters. The van der Waals surface area contributed by atoms with Crippen molar-refractivity contribution in [3.63, 3.8) is 0 Å². The maximum atomic E-state index is 2.56. The van der Waals surface area contributed by atoms with Gasteiger partial charge in [0, 0.05) is 0 Å². The highest BCUT2D eigenvalue weighted by Crippen LogP contribution is 2.30. The molecule has 1 aliphatic carbocycles. The van der Waals surface area contributed by atoms with Crippen LogP contribution in [0.1, 0.15) is 129 Å². The molecule has 0 N–H and O–H groups in total.